The third-order valence-corrected chi connectivity index (χ3v) is 5.08. The number of nitrogen functional groups attached to an aromatic ring is 1. The van der Waals surface area contributed by atoms with E-state index in [1.807, 2.05) is 0 Å². The van der Waals surface area contributed by atoms with Gasteiger partial charge in [0.2, 0.25) is 15.2 Å². The van der Waals surface area contributed by atoms with E-state index in [0.717, 1.165) is 6.26 Å². The summed E-state index contributed by atoms with van der Waals surface area (Å²) in [6.07, 6.45) is 1.07. The summed E-state index contributed by atoms with van der Waals surface area (Å²) in [5, 5.41) is 7.57. The fourth-order valence-corrected chi connectivity index (χ4v) is 4.05. The van der Waals surface area contributed by atoms with Gasteiger partial charge >= 0.3 is 0 Å². The molecule has 0 bridgehead atoms. The van der Waals surface area contributed by atoms with Crippen LogP contribution in [0.15, 0.2) is 28.6 Å². The minimum Gasteiger partial charge on any atom is -0.374 e. The first-order chi connectivity index (χ1) is 10.2. The smallest absolute Gasteiger partial charge is 0.229 e. The van der Waals surface area contributed by atoms with Crippen LogP contribution in [0.5, 0.6) is 0 Å². The van der Waals surface area contributed by atoms with Gasteiger partial charge in [0.25, 0.3) is 0 Å². The molecule has 0 unspecified atom stereocenters. The van der Waals surface area contributed by atoms with E-state index in [-0.39, 0.29) is 11.0 Å². The van der Waals surface area contributed by atoms with Gasteiger partial charge in [0.15, 0.2) is 10.1 Å². The molecule has 2 aromatic rings. The number of hydrogen-bond donors (Lipinski definition) is 2. The summed E-state index contributed by atoms with van der Waals surface area (Å²) in [7, 11) is -3.33. The summed E-state index contributed by atoms with van der Waals surface area (Å²) in [4.78, 5) is 12.3. The summed E-state index contributed by atoms with van der Waals surface area (Å²) < 4.78 is 25.2. The fraction of sp³-hybridized carbons (Fsp3) is 0.250. The minimum atomic E-state index is -3.33. The van der Waals surface area contributed by atoms with Crippen LogP contribution in [0.2, 0.25) is 0 Å². The Balaban J connectivity index is 2.05. The van der Waals surface area contributed by atoms with E-state index in [4.69, 9.17) is 5.73 Å². The molecule has 0 saturated carbocycles. The van der Waals surface area contributed by atoms with Crippen LogP contribution in [-0.2, 0) is 10.0 Å². The fourth-order valence-electron chi connectivity index (χ4n) is 1.62. The second kappa shape index (κ2) is 6.63. The van der Waals surface area contributed by atoms with Crippen LogP contribution in [0.3, 0.4) is 0 Å². The summed E-state index contributed by atoms with van der Waals surface area (Å²) in [5.41, 5.74) is 6.41. The van der Waals surface area contributed by atoms with Crippen LogP contribution in [0.4, 0.5) is 10.8 Å². The van der Waals surface area contributed by atoms with Crippen LogP contribution in [0.25, 0.3) is 0 Å². The number of ketones is 1. The monoisotopic (exact) mass is 358 g/mol. The maximum Gasteiger partial charge on any atom is 0.229 e. The molecule has 0 aliphatic carbocycles. The van der Waals surface area contributed by atoms with Crippen LogP contribution in [0, 0.1) is 0 Å². The molecule has 0 radical (unpaired) electrons. The standard InChI is InChI=1S/C12H14N4O3S3/c1-7(20-12-15-14-11(13)21-12)10(17)8-3-5-9(6-4-8)16-22(2,18)19/h3-7,16H,1-2H3,(H2,13,14)/t7-/m1/s1. The SMILES string of the molecule is C[C@@H](Sc1nnc(N)s1)C(=O)c1ccc(NS(C)(=O)=O)cc1. The highest BCUT2D eigenvalue weighted by atomic mass is 32.2. The lowest BCUT2D eigenvalue weighted by Gasteiger charge is -2.09. The largest absolute Gasteiger partial charge is 0.374 e. The number of sulfonamides is 1. The number of carbonyl (C=O) groups excluding carboxylic acids is 1. The zero-order valence-electron chi connectivity index (χ0n) is 11.8. The minimum absolute atomic E-state index is 0.0790. The molecule has 0 amide bonds. The van der Waals surface area contributed by atoms with Gasteiger partial charge in [-0.3, -0.25) is 9.52 Å². The Morgan fingerprint density at radius 3 is 2.45 bits per heavy atom. The van der Waals surface area contributed by atoms with Gasteiger partial charge in [-0.2, -0.15) is 0 Å². The van der Waals surface area contributed by atoms with Crippen LogP contribution < -0.4 is 10.5 Å². The zero-order valence-corrected chi connectivity index (χ0v) is 14.3. The Kier molecular flexibility index (Phi) is 5.04. The number of thioether (sulfide) groups is 1. The second-order valence-corrected chi connectivity index (χ2v) is 8.83. The summed E-state index contributed by atoms with van der Waals surface area (Å²) in [6, 6.07) is 6.27. The maximum atomic E-state index is 12.3. The topological polar surface area (TPSA) is 115 Å². The van der Waals surface area contributed by atoms with Crippen molar-refractivity contribution in [3.05, 3.63) is 29.8 Å². The third-order valence-electron chi connectivity index (χ3n) is 2.54. The number of rotatable bonds is 6. The number of Topliss-reactive ketones (excluding diaryl/α,β-unsaturated/α-hetero) is 1. The molecule has 1 atom stereocenters. The van der Waals surface area contributed by atoms with Crippen LogP contribution in [-0.4, -0.2) is 35.9 Å². The molecule has 22 heavy (non-hydrogen) atoms. The lowest BCUT2D eigenvalue weighted by atomic mass is 10.1. The Labute approximate surface area is 136 Å². The molecule has 7 nitrogen and oxygen atoms in total. The number of carbonyl (C=O) groups is 1. The lowest BCUT2D eigenvalue weighted by molar-refractivity contribution is 0.0994. The van der Waals surface area contributed by atoms with E-state index < -0.39 is 10.0 Å². The first-order valence-corrected chi connectivity index (χ1v) is 9.71. The van der Waals surface area contributed by atoms with Crippen molar-refractivity contribution in [3.63, 3.8) is 0 Å². The molecule has 1 heterocycles. The second-order valence-electron chi connectivity index (χ2n) is 4.48. The van der Waals surface area contributed by atoms with Crippen molar-refractivity contribution in [2.75, 3.05) is 16.7 Å². The molecule has 10 heteroatoms. The molecule has 1 aromatic carbocycles. The molecule has 0 spiro atoms. The van der Waals surface area contributed by atoms with E-state index in [1.165, 1.54) is 23.1 Å². The molecule has 0 saturated heterocycles. The number of benzene rings is 1. The van der Waals surface area contributed by atoms with Gasteiger partial charge in [0, 0.05) is 11.3 Å². The van der Waals surface area contributed by atoms with E-state index in [2.05, 4.69) is 14.9 Å². The molecule has 3 N–H and O–H groups in total. The highest BCUT2D eigenvalue weighted by Gasteiger charge is 2.18. The number of nitrogens with one attached hydrogen (secondary N) is 1. The number of hydrogen-bond acceptors (Lipinski definition) is 8. The summed E-state index contributed by atoms with van der Waals surface area (Å²) in [5.74, 6) is -0.0790. The highest BCUT2D eigenvalue weighted by Crippen LogP contribution is 2.29. The Bertz CT molecular complexity index is 771. The molecule has 0 aliphatic heterocycles. The average Bonchev–Trinajstić information content (AvgIpc) is 2.82. The lowest BCUT2D eigenvalue weighted by Crippen LogP contribution is -2.14. The van der Waals surface area contributed by atoms with Gasteiger partial charge in [0.05, 0.1) is 11.5 Å². The molecule has 1 aromatic heterocycles. The predicted molar refractivity (Wildman–Crippen MR) is 88.9 cm³/mol. The molecule has 0 aliphatic rings. The summed E-state index contributed by atoms with van der Waals surface area (Å²) in [6.45, 7) is 1.77. The number of nitrogens with zero attached hydrogens (tertiary/aromatic N) is 2. The van der Waals surface area contributed by atoms with Gasteiger partial charge in [-0.25, -0.2) is 8.42 Å². The van der Waals surface area contributed by atoms with E-state index >= 15 is 0 Å². The Morgan fingerprint density at radius 2 is 1.95 bits per heavy atom. The molecule has 2 rings (SSSR count). The van der Waals surface area contributed by atoms with Crippen molar-refractivity contribution in [2.24, 2.45) is 0 Å². The first kappa shape index (κ1) is 16.7. The van der Waals surface area contributed by atoms with E-state index in [9.17, 15) is 13.2 Å². The van der Waals surface area contributed by atoms with Crippen molar-refractivity contribution in [1.29, 1.82) is 0 Å². The van der Waals surface area contributed by atoms with Crippen molar-refractivity contribution >= 4 is 49.7 Å². The molecular weight excluding hydrogens is 344 g/mol. The van der Waals surface area contributed by atoms with E-state index in [0.29, 0.717) is 20.7 Å². The van der Waals surface area contributed by atoms with E-state index in [1.54, 1.807) is 31.2 Å². The van der Waals surface area contributed by atoms with Gasteiger partial charge in [-0.1, -0.05) is 23.1 Å². The van der Waals surface area contributed by atoms with Crippen LogP contribution in [0.1, 0.15) is 17.3 Å². The van der Waals surface area contributed by atoms with Gasteiger partial charge in [0.1, 0.15) is 0 Å². The number of anilines is 2. The third kappa shape index (κ3) is 4.68. The van der Waals surface area contributed by atoms with Crippen molar-refractivity contribution in [2.45, 2.75) is 16.5 Å². The average molecular weight is 358 g/mol. The van der Waals surface area contributed by atoms with Crippen molar-refractivity contribution in [1.82, 2.24) is 10.2 Å². The quantitative estimate of drug-likeness (QED) is 0.598. The molecule has 0 fully saturated rings. The Hall–Kier alpha value is -1.65. The molecule has 118 valence electrons. The van der Waals surface area contributed by atoms with Gasteiger partial charge in [-0.15, -0.1) is 10.2 Å². The Morgan fingerprint density at radius 1 is 1.32 bits per heavy atom. The van der Waals surface area contributed by atoms with Crippen molar-refractivity contribution in [3.8, 4) is 0 Å². The highest BCUT2D eigenvalue weighted by molar-refractivity contribution is 8.02. The molecular formula is C12H14N4O3S3. The van der Waals surface area contributed by atoms with Crippen LogP contribution >= 0.6 is 23.1 Å². The predicted octanol–water partition coefficient (Wildman–Crippen LogP) is 1.86. The van der Waals surface area contributed by atoms with Crippen molar-refractivity contribution < 1.29 is 13.2 Å². The van der Waals surface area contributed by atoms with Gasteiger partial charge in [-0.05, 0) is 31.2 Å². The normalized spacial score (nSPS) is 12.8. The maximum absolute atomic E-state index is 12.3. The summed E-state index contributed by atoms with van der Waals surface area (Å²) >= 11 is 2.51. The first-order valence-electron chi connectivity index (χ1n) is 6.12. The number of aromatic nitrogens is 2. The number of nitrogens with two attached hydrogens (primary N) is 1. The zero-order chi connectivity index (χ0) is 16.3. The van der Waals surface area contributed by atoms with Gasteiger partial charge < -0.3 is 5.73 Å².